The van der Waals surface area contributed by atoms with Gasteiger partial charge in [-0.3, -0.25) is 4.79 Å². The first-order valence-corrected chi connectivity index (χ1v) is 12.2. The Balaban J connectivity index is 0.000000379. The highest BCUT2D eigenvalue weighted by molar-refractivity contribution is 5.94. The average Bonchev–Trinajstić information content (AvgIpc) is 3.51. The smallest absolute Gasteiger partial charge is 0.410 e. The summed E-state index contributed by atoms with van der Waals surface area (Å²) in [6.07, 6.45) is -0.738. The van der Waals surface area contributed by atoms with Crippen molar-refractivity contribution in [3.63, 3.8) is 0 Å². The van der Waals surface area contributed by atoms with Gasteiger partial charge in [0.05, 0.1) is 24.7 Å². The van der Waals surface area contributed by atoms with Crippen LogP contribution in [0.4, 0.5) is 13.6 Å². The largest absolute Gasteiger partial charge is 0.442 e. The highest BCUT2D eigenvalue weighted by Gasteiger charge is 2.28. The summed E-state index contributed by atoms with van der Waals surface area (Å²) in [6, 6.07) is 17.7. The summed E-state index contributed by atoms with van der Waals surface area (Å²) in [6.45, 7) is 4.77. The van der Waals surface area contributed by atoms with Crippen molar-refractivity contribution >= 4 is 23.1 Å². The van der Waals surface area contributed by atoms with Crippen LogP contribution < -0.4 is 5.32 Å². The number of fused-ring (bicyclic) bond motifs is 1. The molecule has 200 valence electrons. The molecule has 1 atom stereocenters. The van der Waals surface area contributed by atoms with Crippen molar-refractivity contribution < 1.29 is 27.5 Å². The number of hydrogen-bond donors (Lipinski definition) is 1. The maximum atomic E-state index is 12.4. The first kappa shape index (κ1) is 27.3. The Morgan fingerprint density at radius 3 is 2.36 bits per heavy atom. The number of halogens is 2. The van der Waals surface area contributed by atoms with E-state index in [1.165, 1.54) is 17.0 Å². The lowest BCUT2D eigenvalue weighted by Crippen LogP contribution is -2.34. The lowest BCUT2D eigenvalue weighted by molar-refractivity contribution is 0.0915. The van der Waals surface area contributed by atoms with Gasteiger partial charge in [0, 0.05) is 23.7 Å². The second-order valence-corrected chi connectivity index (χ2v) is 9.29. The highest BCUT2D eigenvalue weighted by Crippen LogP contribution is 2.31. The van der Waals surface area contributed by atoms with E-state index in [1.54, 1.807) is 37.4 Å². The summed E-state index contributed by atoms with van der Waals surface area (Å²) in [5.41, 5.74) is 3.99. The molecule has 4 aromatic rings. The van der Waals surface area contributed by atoms with Gasteiger partial charge in [-0.15, -0.1) is 0 Å². The van der Waals surface area contributed by atoms with Gasteiger partial charge in [-0.2, -0.15) is 5.26 Å². The SMILES string of the molecule is CC(C)c1cc(C#N)cc2nc(-c3ccc(C(=O)NCC4CN(C)C(=O)O4)cc3)oc12.Fc1ccccc1F. The molecule has 3 aromatic carbocycles. The van der Waals surface area contributed by atoms with E-state index in [4.69, 9.17) is 9.15 Å². The number of likely N-dealkylation sites (N-methyl/N-ethyl adjacent to an activating group) is 1. The number of ether oxygens (including phenoxy) is 1. The molecule has 10 heteroatoms. The zero-order valence-corrected chi connectivity index (χ0v) is 21.6. The van der Waals surface area contributed by atoms with Gasteiger partial charge >= 0.3 is 6.09 Å². The molecule has 0 saturated carbocycles. The number of amides is 2. The summed E-state index contributed by atoms with van der Waals surface area (Å²) in [5, 5.41) is 12.1. The van der Waals surface area contributed by atoms with E-state index in [2.05, 4.69) is 16.4 Å². The lowest BCUT2D eigenvalue weighted by Gasteiger charge is -2.10. The third kappa shape index (κ3) is 6.38. The molecular weight excluding hydrogens is 506 g/mol. The first-order valence-electron chi connectivity index (χ1n) is 12.2. The second kappa shape index (κ2) is 11.7. The number of oxazole rings is 1. The third-order valence-corrected chi connectivity index (χ3v) is 6.04. The van der Waals surface area contributed by atoms with Crippen molar-refractivity contribution in [2.45, 2.75) is 25.9 Å². The standard InChI is InChI=1S/C23H22N4O4.C6H4F2/c1-13(2)18-8-14(10-24)9-19-20(18)31-22(26-19)16-6-4-15(5-7-16)21(28)25-11-17-12-27(3)23(29)30-17;7-5-3-1-2-4-6(5)8/h4-9,13,17H,11-12H2,1-3H3,(H,25,28);1-4H. The number of nitriles is 1. The molecule has 1 fully saturated rings. The van der Waals surface area contributed by atoms with Crippen LogP contribution in [0.1, 0.15) is 41.3 Å². The molecule has 1 aliphatic heterocycles. The van der Waals surface area contributed by atoms with Crippen LogP contribution in [0.2, 0.25) is 0 Å². The maximum absolute atomic E-state index is 12.4. The number of carbonyl (C=O) groups excluding carboxylic acids is 2. The van der Waals surface area contributed by atoms with Crippen LogP contribution in [0.25, 0.3) is 22.6 Å². The molecule has 0 spiro atoms. The number of aromatic nitrogens is 1. The molecular formula is C29H26F2N4O4. The zero-order chi connectivity index (χ0) is 28.1. The van der Waals surface area contributed by atoms with Crippen molar-refractivity contribution in [3.05, 3.63) is 89.0 Å². The van der Waals surface area contributed by atoms with Crippen molar-refractivity contribution in [3.8, 4) is 17.5 Å². The van der Waals surface area contributed by atoms with E-state index >= 15 is 0 Å². The van der Waals surface area contributed by atoms with Crippen LogP contribution in [0.15, 0.2) is 65.1 Å². The van der Waals surface area contributed by atoms with Gasteiger partial charge in [0.25, 0.3) is 5.91 Å². The molecule has 0 aliphatic carbocycles. The number of nitrogens with zero attached hydrogens (tertiary/aromatic N) is 3. The fourth-order valence-corrected chi connectivity index (χ4v) is 3.94. The predicted octanol–water partition coefficient (Wildman–Crippen LogP) is 5.64. The summed E-state index contributed by atoms with van der Waals surface area (Å²) >= 11 is 0. The topological polar surface area (TPSA) is 108 Å². The number of benzene rings is 3. The van der Waals surface area contributed by atoms with E-state index in [1.807, 2.05) is 19.9 Å². The van der Waals surface area contributed by atoms with E-state index in [-0.39, 0.29) is 30.6 Å². The van der Waals surface area contributed by atoms with Crippen LogP contribution in [-0.2, 0) is 4.74 Å². The van der Waals surface area contributed by atoms with Gasteiger partial charge in [-0.05, 0) is 54.4 Å². The van der Waals surface area contributed by atoms with Gasteiger partial charge in [0.15, 0.2) is 17.2 Å². The van der Waals surface area contributed by atoms with Gasteiger partial charge in [0.1, 0.15) is 11.6 Å². The van der Waals surface area contributed by atoms with Crippen molar-refractivity contribution in [2.75, 3.05) is 20.1 Å². The fraction of sp³-hybridized carbons (Fsp3) is 0.241. The van der Waals surface area contributed by atoms with Crippen molar-refractivity contribution in [1.82, 2.24) is 15.2 Å². The molecule has 39 heavy (non-hydrogen) atoms. The quantitative estimate of drug-likeness (QED) is 0.357. The summed E-state index contributed by atoms with van der Waals surface area (Å²) in [5.74, 6) is -1.24. The maximum Gasteiger partial charge on any atom is 0.410 e. The molecule has 1 N–H and O–H groups in total. The molecule has 0 radical (unpaired) electrons. The third-order valence-electron chi connectivity index (χ3n) is 6.04. The van der Waals surface area contributed by atoms with Crippen LogP contribution in [0, 0.1) is 23.0 Å². The second-order valence-electron chi connectivity index (χ2n) is 9.29. The Bertz CT molecular complexity index is 1520. The minimum atomic E-state index is -0.799. The molecule has 1 aromatic heterocycles. The Kier molecular flexibility index (Phi) is 8.20. The lowest BCUT2D eigenvalue weighted by atomic mass is 10.00. The van der Waals surface area contributed by atoms with Gasteiger partial charge in [-0.25, -0.2) is 18.6 Å². The highest BCUT2D eigenvalue weighted by atomic mass is 19.2. The normalized spacial score (nSPS) is 14.5. The van der Waals surface area contributed by atoms with Crippen LogP contribution >= 0.6 is 0 Å². The molecule has 2 amide bonds. The van der Waals surface area contributed by atoms with Gasteiger partial charge in [-0.1, -0.05) is 26.0 Å². The summed E-state index contributed by atoms with van der Waals surface area (Å²) < 4.78 is 35.0. The number of cyclic esters (lactones) is 1. The Morgan fingerprint density at radius 2 is 1.82 bits per heavy atom. The summed E-state index contributed by atoms with van der Waals surface area (Å²) in [4.78, 5) is 29.8. The van der Waals surface area contributed by atoms with Gasteiger partial charge in [0.2, 0.25) is 5.89 Å². The van der Waals surface area contributed by atoms with Crippen LogP contribution in [-0.4, -0.2) is 48.1 Å². The Hall–Kier alpha value is -4.78. The first-order chi connectivity index (χ1) is 18.7. The van der Waals surface area contributed by atoms with Crippen LogP contribution in [0.3, 0.4) is 0 Å². The number of nitrogens with one attached hydrogen (secondary N) is 1. The number of carbonyl (C=O) groups is 2. The van der Waals surface area contributed by atoms with Gasteiger partial charge < -0.3 is 19.4 Å². The average molecular weight is 533 g/mol. The van der Waals surface area contributed by atoms with Crippen LogP contribution in [0.5, 0.6) is 0 Å². The van der Waals surface area contributed by atoms with E-state index < -0.39 is 11.6 Å². The van der Waals surface area contributed by atoms with E-state index in [0.29, 0.717) is 34.7 Å². The van der Waals surface area contributed by atoms with E-state index in [9.17, 15) is 23.6 Å². The number of rotatable bonds is 5. The minimum Gasteiger partial charge on any atom is -0.442 e. The van der Waals surface area contributed by atoms with Crippen molar-refractivity contribution in [2.24, 2.45) is 0 Å². The summed E-state index contributed by atoms with van der Waals surface area (Å²) in [7, 11) is 1.65. The molecule has 1 saturated heterocycles. The molecule has 1 aliphatic rings. The van der Waals surface area contributed by atoms with E-state index in [0.717, 1.165) is 23.3 Å². The minimum absolute atomic E-state index is 0.182. The predicted molar refractivity (Wildman–Crippen MR) is 140 cm³/mol. The molecule has 2 heterocycles. The molecule has 8 nitrogen and oxygen atoms in total. The number of hydrogen-bond acceptors (Lipinski definition) is 6. The molecule has 1 unspecified atom stereocenters. The Labute approximate surface area is 223 Å². The Morgan fingerprint density at radius 1 is 1.15 bits per heavy atom. The molecule has 5 rings (SSSR count). The van der Waals surface area contributed by atoms with Crippen molar-refractivity contribution in [1.29, 1.82) is 5.26 Å². The molecule has 0 bridgehead atoms. The monoisotopic (exact) mass is 532 g/mol. The fourth-order valence-electron chi connectivity index (χ4n) is 3.94. The zero-order valence-electron chi connectivity index (χ0n) is 21.6.